The molecule has 5 heteroatoms. The van der Waals surface area contributed by atoms with Crippen LogP contribution in [0.5, 0.6) is 0 Å². The average molecular weight is 290 g/mol. The van der Waals surface area contributed by atoms with Crippen LogP contribution in [0.3, 0.4) is 0 Å². The van der Waals surface area contributed by atoms with Gasteiger partial charge < -0.3 is 15.0 Å². The first kappa shape index (κ1) is 14.6. The predicted molar refractivity (Wildman–Crippen MR) is 85.1 cm³/mol. The Morgan fingerprint density at radius 3 is 2.76 bits per heavy atom. The van der Waals surface area contributed by atoms with Gasteiger partial charge in [0.1, 0.15) is 17.5 Å². The highest BCUT2D eigenvalue weighted by Gasteiger charge is 2.30. The van der Waals surface area contributed by atoms with Crippen LogP contribution in [0.25, 0.3) is 0 Å². The molecule has 0 amide bonds. The number of piperidine rings is 1. The van der Waals surface area contributed by atoms with Gasteiger partial charge in [0.05, 0.1) is 6.61 Å². The third-order valence-electron chi connectivity index (χ3n) is 4.54. The number of nitrogens with zero attached hydrogens (tertiary/aromatic N) is 3. The van der Waals surface area contributed by atoms with Crippen molar-refractivity contribution >= 4 is 11.6 Å². The Labute approximate surface area is 127 Å². The molecule has 1 atom stereocenters. The zero-order chi connectivity index (χ0) is 14.8. The van der Waals surface area contributed by atoms with Crippen LogP contribution in [0.4, 0.5) is 11.6 Å². The molecule has 1 N–H and O–H groups in total. The Morgan fingerprint density at radius 1 is 1.29 bits per heavy atom. The molecule has 116 valence electrons. The van der Waals surface area contributed by atoms with E-state index in [1.807, 2.05) is 7.05 Å². The van der Waals surface area contributed by atoms with E-state index in [9.17, 15) is 0 Å². The summed E-state index contributed by atoms with van der Waals surface area (Å²) in [4.78, 5) is 12.0. The quantitative estimate of drug-likeness (QED) is 0.903. The molecule has 1 aliphatic carbocycles. The van der Waals surface area contributed by atoms with Crippen molar-refractivity contribution in [3.63, 3.8) is 0 Å². The first-order valence-electron chi connectivity index (χ1n) is 8.03. The predicted octanol–water partition coefficient (Wildman–Crippen LogP) is 2.57. The number of anilines is 2. The number of hydrogen-bond donors (Lipinski definition) is 1. The van der Waals surface area contributed by atoms with Gasteiger partial charge in [-0.3, -0.25) is 0 Å². The van der Waals surface area contributed by atoms with Crippen molar-refractivity contribution in [2.45, 2.75) is 38.5 Å². The van der Waals surface area contributed by atoms with Crippen molar-refractivity contribution in [3.8, 4) is 0 Å². The van der Waals surface area contributed by atoms with Crippen molar-refractivity contribution < 1.29 is 4.74 Å². The maximum Gasteiger partial charge on any atom is 0.137 e. The fraction of sp³-hybridized carbons (Fsp3) is 0.750. The summed E-state index contributed by atoms with van der Waals surface area (Å²) in [6.45, 7) is 5.09. The molecule has 3 rings (SSSR count). The third kappa shape index (κ3) is 3.12. The standard InChI is InChI=1S/C16H26N4O/c1-11-14(17-2)18-15(13-6-7-13)19-16(11)20-8-4-5-12(9-20)10-21-3/h12-13H,4-10H2,1-3H3,(H,17,18,19). The molecule has 0 bridgehead atoms. The Kier molecular flexibility index (Phi) is 4.29. The lowest BCUT2D eigenvalue weighted by atomic mass is 9.98. The van der Waals surface area contributed by atoms with Gasteiger partial charge in [0.25, 0.3) is 0 Å². The maximum absolute atomic E-state index is 5.34. The van der Waals surface area contributed by atoms with Crippen molar-refractivity contribution in [1.82, 2.24) is 9.97 Å². The van der Waals surface area contributed by atoms with Crippen molar-refractivity contribution in [3.05, 3.63) is 11.4 Å². The summed E-state index contributed by atoms with van der Waals surface area (Å²) in [5.74, 6) is 4.32. The van der Waals surface area contributed by atoms with Gasteiger partial charge in [0.2, 0.25) is 0 Å². The van der Waals surface area contributed by atoms with Gasteiger partial charge >= 0.3 is 0 Å². The molecule has 1 aliphatic heterocycles. The van der Waals surface area contributed by atoms with E-state index in [0.717, 1.165) is 37.2 Å². The van der Waals surface area contributed by atoms with Crippen LogP contribution in [-0.4, -0.2) is 43.8 Å². The van der Waals surface area contributed by atoms with Crippen LogP contribution >= 0.6 is 0 Å². The number of ether oxygens (including phenoxy) is 1. The fourth-order valence-corrected chi connectivity index (χ4v) is 3.23. The van der Waals surface area contributed by atoms with E-state index < -0.39 is 0 Å². The van der Waals surface area contributed by atoms with Crippen LogP contribution < -0.4 is 10.2 Å². The second-order valence-corrected chi connectivity index (χ2v) is 6.31. The Hall–Kier alpha value is -1.36. The summed E-state index contributed by atoms with van der Waals surface area (Å²) < 4.78 is 5.34. The first-order chi connectivity index (χ1) is 10.2. The lowest BCUT2D eigenvalue weighted by Crippen LogP contribution is -2.38. The molecule has 1 saturated heterocycles. The summed E-state index contributed by atoms with van der Waals surface area (Å²) in [7, 11) is 3.74. The molecule has 1 unspecified atom stereocenters. The van der Waals surface area contributed by atoms with E-state index in [-0.39, 0.29) is 0 Å². The second-order valence-electron chi connectivity index (χ2n) is 6.31. The lowest BCUT2D eigenvalue weighted by Gasteiger charge is -2.34. The van der Waals surface area contributed by atoms with Gasteiger partial charge in [-0.15, -0.1) is 0 Å². The van der Waals surface area contributed by atoms with Crippen LogP contribution in [-0.2, 0) is 4.74 Å². The molecule has 0 spiro atoms. The highest BCUT2D eigenvalue weighted by atomic mass is 16.5. The van der Waals surface area contributed by atoms with E-state index in [2.05, 4.69) is 17.1 Å². The molecule has 5 nitrogen and oxygen atoms in total. The maximum atomic E-state index is 5.34. The fourth-order valence-electron chi connectivity index (χ4n) is 3.23. The highest BCUT2D eigenvalue weighted by molar-refractivity contribution is 5.59. The number of nitrogens with one attached hydrogen (secondary N) is 1. The lowest BCUT2D eigenvalue weighted by molar-refractivity contribution is 0.143. The molecule has 2 heterocycles. The summed E-state index contributed by atoms with van der Waals surface area (Å²) in [6, 6.07) is 0. The molecule has 0 radical (unpaired) electrons. The summed E-state index contributed by atoms with van der Waals surface area (Å²) >= 11 is 0. The molecule has 1 saturated carbocycles. The zero-order valence-corrected chi connectivity index (χ0v) is 13.4. The highest BCUT2D eigenvalue weighted by Crippen LogP contribution is 2.40. The van der Waals surface area contributed by atoms with Crippen molar-refractivity contribution in [2.75, 3.05) is 44.1 Å². The van der Waals surface area contributed by atoms with Crippen LogP contribution in [0, 0.1) is 12.8 Å². The molecule has 0 aromatic carbocycles. The minimum atomic E-state index is 0.580. The summed E-state index contributed by atoms with van der Waals surface area (Å²) in [5, 5.41) is 3.23. The largest absolute Gasteiger partial charge is 0.384 e. The molecular weight excluding hydrogens is 264 g/mol. The molecule has 2 aliphatic rings. The van der Waals surface area contributed by atoms with Crippen LogP contribution in [0.15, 0.2) is 0 Å². The summed E-state index contributed by atoms with van der Waals surface area (Å²) in [6.07, 6.45) is 4.93. The summed E-state index contributed by atoms with van der Waals surface area (Å²) in [5.41, 5.74) is 1.17. The monoisotopic (exact) mass is 290 g/mol. The van der Waals surface area contributed by atoms with Gasteiger partial charge in [-0.2, -0.15) is 0 Å². The van der Waals surface area contributed by atoms with Gasteiger partial charge in [-0.05, 0) is 38.5 Å². The van der Waals surface area contributed by atoms with Crippen molar-refractivity contribution in [1.29, 1.82) is 0 Å². The minimum Gasteiger partial charge on any atom is -0.384 e. The molecule has 2 fully saturated rings. The smallest absolute Gasteiger partial charge is 0.137 e. The normalized spacial score (nSPS) is 22.4. The average Bonchev–Trinajstić information content (AvgIpc) is 3.33. The third-order valence-corrected chi connectivity index (χ3v) is 4.54. The van der Waals surface area contributed by atoms with Gasteiger partial charge in [-0.1, -0.05) is 0 Å². The van der Waals surface area contributed by atoms with E-state index in [0.29, 0.717) is 11.8 Å². The van der Waals surface area contributed by atoms with E-state index in [1.165, 1.54) is 31.2 Å². The number of rotatable bonds is 5. The number of aromatic nitrogens is 2. The van der Waals surface area contributed by atoms with Gasteiger partial charge in [0.15, 0.2) is 0 Å². The zero-order valence-electron chi connectivity index (χ0n) is 13.4. The van der Waals surface area contributed by atoms with E-state index in [4.69, 9.17) is 14.7 Å². The molecule has 21 heavy (non-hydrogen) atoms. The van der Waals surface area contributed by atoms with Gasteiger partial charge in [-0.25, -0.2) is 9.97 Å². The number of methoxy groups -OCH3 is 1. The number of hydrogen-bond acceptors (Lipinski definition) is 5. The topological polar surface area (TPSA) is 50.3 Å². The second kappa shape index (κ2) is 6.18. The van der Waals surface area contributed by atoms with E-state index >= 15 is 0 Å². The van der Waals surface area contributed by atoms with Crippen LogP contribution in [0.2, 0.25) is 0 Å². The minimum absolute atomic E-state index is 0.580. The molecule has 1 aromatic rings. The molecule has 1 aromatic heterocycles. The van der Waals surface area contributed by atoms with Crippen molar-refractivity contribution in [2.24, 2.45) is 5.92 Å². The molecular formula is C16H26N4O. The van der Waals surface area contributed by atoms with Crippen LogP contribution in [0.1, 0.15) is 43.0 Å². The SMILES string of the molecule is CNc1nc(C2CC2)nc(N2CCCC(COC)C2)c1C. The Morgan fingerprint density at radius 2 is 2.10 bits per heavy atom. The van der Waals surface area contributed by atoms with E-state index in [1.54, 1.807) is 7.11 Å². The Balaban J connectivity index is 1.87. The van der Waals surface area contributed by atoms with Gasteiger partial charge in [0, 0.05) is 38.7 Å². The Bertz CT molecular complexity index is 499. The first-order valence-corrected chi connectivity index (χ1v) is 8.03.